The van der Waals surface area contributed by atoms with E-state index in [-0.39, 0.29) is 17.9 Å². The molecule has 2 rings (SSSR count). The number of hydrogen-bond donors (Lipinski definition) is 1. The van der Waals surface area contributed by atoms with Crippen molar-refractivity contribution in [3.8, 4) is 5.75 Å². The monoisotopic (exact) mass is 274 g/mol. The van der Waals surface area contributed by atoms with Gasteiger partial charge in [-0.15, -0.1) is 0 Å². The van der Waals surface area contributed by atoms with Gasteiger partial charge in [0.25, 0.3) is 0 Å². The molecule has 6 heteroatoms. The Labute approximate surface area is 108 Å². The highest BCUT2D eigenvalue weighted by molar-refractivity contribution is 5.68. The molecule has 0 saturated heterocycles. The summed E-state index contributed by atoms with van der Waals surface area (Å²) >= 11 is 0. The zero-order valence-corrected chi connectivity index (χ0v) is 10.3. The molecule has 1 fully saturated rings. The Morgan fingerprint density at radius 3 is 2.53 bits per heavy atom. The Morgan fingerprint density at radius 2 is 2.05 bits per heavy atom. The topological polar surface area (TPSA) is 46.5 Å². The number of aliphatic carboxylic acids is 1. The second kappa shape index (κ2) is 5.11. The van der Waals surface area contributed by atoms with Crippen LogP contribution in [0.5, 0.6) is 5.75 Å². The molecule has 0 aliphatic heterocycles. The fourth-order valence-corrected chi connectivity index (χ4v) is 2.33. The molecule has 19 heavy (non-hydrogen) atoms. The highest BCUT2D eigenvalue weighted by atomic mass is 19.2. The number of ether oxygens (including phenoxy) is 1. The largest absolute Gasteiger partial charge is 0.493 e. The maximum absolute atomic E-state index is 13.9. The lowest BCUT2D eigenvalue weighted by atomic mass is 9.89. The molecule has 1 saturated carbocycles. The summed E-state index contributed by atoms with van der Waals surface area (Å²) in [7, 11) is 1.14. The minimum Gasteiger partial charge on any atom is -0.493 e. The molecule has 1 aromatic rings. The fraction of sp³-hybridized carbons (Fsp3) is 0.462. The third-order valence-electron chi connectivity index (χ3n) is 3.32. The maximum Gasteiger partial charge on any atom is 0.303 e. The fourth-order valence-electron chi connectivity index (χ4n) is 2.33. The summed E-state index contributed by atoms with van der Waals surface area (Å²) in [5.41, 5.74) is -0.301. The average molecular weight is 274 g/mol. The maximum atomic E-state index is 13.9. The van der Waals surface area contributed by atoms with Crippen LogP contribution in [0.3, 0.4) is 0 Å². The molecule has 0 heterocycles. The Bertz CT molecular complexity index is 512. The van der Waals surface area contributed by atoms with Gasteiger partial charge < -0.3 is 9.84 Å². The van der Waals surface area contributed by atoms with Crippen LogP contribution < -0.4 is 4.74 Å². The van der Waals surface area contributed by atoms with E-state index >= 15 is 0 Å². The van der Waals surface area contributed by atoms with Gasteiger partial charge in [0, 0.05) is 17.5 Å². The third kappa shape index (κ3) is 2.67. The zero-order chi connectivity index (χ0) is 14.2. The smallest absolute Gasteiger partial charge is 0.303 e. The van der Waals surface area contributed by atoms with E-state index in [1.807, 2.05) is 0 Å². The normalized spacial score (nSPS) is 16.2. The third-order valence-corrected chi connectivity index (χ3v) is 3.32. The van der Waals surface area contributed by atoms with E-state index in [0.717, 1.165) is 20.0 Å². The van der Waals surface area contributed by atoms with Gasteiger partial charge in [0.2, 0.25) is 0 Å². The SMILES string of the molecule is COc1c(F)cc(F)c(F)c1C(CC(=O)O)C1CC1. The van der Waals surface area contributed by atoms with Crippen molar-refractivity contribution in [1.29, 1.82) is 0 Å². The number of hydrogen-bond acceptors (Lipinski definition) is 2. The van der Waals surface area contributed by atoms with Crippen LogP contribution in [-0.2, 0) is 4.79 Å². The van der Waals surface area contributed by atoms with E-state index in [2.05, 4.69) is 0 Å². The molecule has 0 amide bonds. The molecule has 104 valence electrons. The van der Waals surface area contributed by atoms with Gasteiger partial charge >= 0.3 is 5.97 Å². The van der Waals surface area contributed by atoms with Gasteiger partial charge in [0.15, 0.2) is 23.2 Å². The second-order valence-electron chi connectivity index (χ2n) is 4.64. The van der Waals surface area contributed by atoms with Crippen molar-refractivity contribution in [3.63, 3.8) is 0 Å². The molecule has 1 aliphatic rings. The van der Waals surface area contributed by atoms with E-state index < -0.39 is 35.1 Å². The number of carboxylic acids is 1. The van der Waals surface area contributed by atoms with Crippen molar-refractivity contribution in [2.75, 3.05) is 7.11 Å². The summed E-state index contributed by atoms with van der Waals surface area (Å²) in [6.45, 7) is 0. The summed E-state index contributed by atoms with van der Waals surface area (Å²) in [6.07, 6.45) is 1.07. The molecule has 1 atom stereocenters. The van der Waals surface area contributed by atoms with Crippen LogP contribution >= 0.6 is 0 Å². The van der Waals surface area contributed by atoms with Crippen molar-refractivity contribution >= 4 is 5.97 Å². The first kappa shape index (κ1) is 13.7. The first-order valence-electron chi connectivity index (χ1n) is 5.88. The van der Waals surface area contributed by atoms with Crippen LogP contribution in [0.4, 0.5) is 13.2 Å². The first-order chi connectivity index (χ1) is 8.95. The van der Waals surface area contributed by atoms with Crippen LogP contribution in [0.2, 0.25) is 0 Å². The Hall–Kier alpha value is -1.72. The van der Waals surface area contributed by atoms with Gasteiger partial charge in [-0.2, -0.15) is 0 Å². The van der Waals surface area contributed by atoms with Gasteiger partial charge in [-0.25, -0.2) is 13.2 Å². The lowest BCUT2D eigenvalue weighted by molar-refractivity contribution is -0.137. The highest BCUT2D eigenvalue weighted by Gasteiger charge is 2.38. The summed E-state index contributed by atoms with van der Waals surface area (Å²) in [4.78, 5) is 10.8. The molecular weight excluding hydrogens is 261 g/mol. The van der Waals surface area contributed by atoms with E-state index in [0.29, 0.717) is 6.07 Å². The summed E-state index contributed by atoms with van der Waals surface area (Å²) in [5, 5.41) is 8.86. The van der Waals surface area contributed by atoms with Crippen molar-refractivity contribution in [2.24, 2.45) is 5.92 Å². The second-order valence-corrected chi connectivity index (χ2v) is 4.64. The van der Waals surface area contributed by atoms with Gasteiger partial charge in [-0.3, -0.25) is 4.79 Å². The number of rotatable bonds is 5. The number of carboxylic acid groups (broad SMARTS) is 1. The predicted molar refractivity (Wildman–Crippen MR) is 60.6 cm³/mol. The summed E-state index contributed by atoms with van der Waals surface area (Å²) < 4.78 is 45.6. The van der Waals surface area contributed by atoms with Gasteiger partial charge in [0.05, 0.1) is 13.5 Å². The zero-order valence-electron chi connectivity index (χ0n) is 10.3. The summed E-state index contributed by atoms with van der Waals surface area (Å²) in [5.74, 6) is -5.95. The molecule has 1 aromatic carbocycles. The molecule has 0 bridgehead atoms. The van der Waals surface area contributed by atoms with Crippen LogP contribution in [0.25, 0.3) is 0 Å². The molecule has 0 spiro atoms. The van der Waals surface area contributed by atoms with Crippen LogP contribution in [0.15, 0.2) is 6.07 Å². The number of methoxy groups -OCH3 is 1. The lowest BCUT2D eigenvalue weighted by Crippen LogP contribution is -2.13. The number of halogens is 3. The number of benzene rings is 1. The molecule has 0 aromatic heterocycles. The minimum absolute atomic E-state index is 0.0688. The van der Waals surface area contributed by atoms with Crippen LogP contribution in [0, 0.1) is 23.4 Å². The lowest BCUT2D eigenvalue weighted by Gasteiger charge is -2.19. The van der Waals surface area contributed by atoms with E-state index in [9.17, 15) is 18.0 Å². The predicted octanol–water partition coefficient (Wildman–Crippen LogP) is 3.08. The van der Waals surface area contributed by atoms with E-state index in [4.69, 9.17) is 9.84 Å². The molecule has 3 nitrogen and oxygen atoms in total. The molecule has 0 radical (unpaired) electrons. The minimum atomic E-state index is -1.33. The average Bonchev–Trinajstić information content (AvgIpc) is 3.14. The molecule has 1 unspecified atom stereocenters. The Morgan fingerprint density at radius 1 is 1.42 bits per heavy atom. The van der Waals surface area contributed by atoms with Crippen molar-refractivity contribution in [3.05, 3.63) is 29.1 Å². The van der Waals surface area contributed by atoms with Gasteiger partial charge in [-0.1, -0.05) is 0 Å². The standard InChI is InChI=1S/C13H13F3O3/c1-19-13-9(15)5-8(14)12(16)11(13)7(4-10(17)18)6-2-3-6/h5-7H,2-4H2,1H3,(H,17,18). The van der Waals surface area contributed by atoms with Crippen molar-refractivity contribution in [2.45, 2.75) is 25.2 Å². The number of carbonyl (C=O) groups is 1. The van der Waals surface area contributed by atoms with Crippen LogP contribution in [0.1, 0.15) is 30.7 Å². The van der Waals surface area contributed by atoms with Crippen LogP contribution in [-0.4, -0.2) is 18.2 Å². The highest BCUT2D eigenvalue weighted by Crippen LogP contribution is 2.48. The quantitative estimate of drug-likeness (QED) is 0.839. The van der Waals surface area contributed by atoms with Gasteiger partial charge in [-0.05, 0) is 18.8 Å². The van der Waals surface area contributed by atoms with Gasteiger partial charge in [0.1, 0.15) is 0 Å². The van der Waals surface area contributed by atoms with Crippen molar-refractivity contribution < 1.29 is 27.8 Å². The molecular formula is C13H13F3O3. The molecule has 1 aliphatic carbocycles. The Kier molecular flexibility index (Phi) is 3.68. The first-order valence-corrected chi connectivity index (χ1v) is 5.88. The molecule has 1 N–H and O–H groups in total. The Balaban J connectivity index is 2.53. The van der Waals surface area contributed by atoms with Crippen molar-refractivity contribution in [1.82, 2.24) is 0 Å². The summed E-state index contributed by atoms with van der Waals surface area (Å²) in [6, 6.07) is 0.405. The van der Waals surface area contributed by atoms with E-state index in [1.54, 1.807) is 0 Å². The van der Waals surface area contributed by atoms with E-state index in [1.165, 1.54) is 0 Å².